The van der Waals surface area contributed by atoms with E-state index in [0.717, 1.165) is 95.0 Å². The number of aryl methyl sites for hydroxylation is 1. The number of aliphatic hydroxyl groups excluding tert-OH is 4. The topological polar surface area (TPSA) is 201 Å². The van der Waals surface area contributed by atoms with Crippen LogP contribution < -0.4 is 5.32 Å². The Labute approximate surface area is 482 Å². The predicted molar refractivity (Wildman–Crippen MR) is 298 cm³/mol. The number of carbonyl (C=O) groups is 3. The Morgan fingerprint density at radius 1 is 0.902 bits per heavy atom. The third kappa shape index (κ3) is 6.66. The fourth-order valence-electron chi connectivity index (χ4n) is 23.7. The molecule has 6 saturated carbocycles. The van der Waals surface area contributed by atoms with Crippen LogP contribution in [0.2, 0.25) is 0 Å². The molecular weight excluding hydrogens is 1040 g/mol. The number of benzene rings is 1. The first-order valence-corrected chi connectivity index (χ1v) is 32.4. The summed E-state index contributed by atoms with van der Waals surface area (Å²) in [5.41, 5.74) is -5.73. The van der Waals surface area contributed by atoms with E-state index < -0.39 is 99.1 Å². The van der Waals surface area contributed by atoms with Gasteiger partial charge in [-0.3, -0.25) is 14.9 Å². The second-order valence-electron chi connectivity index (χ2n) is 29.7. The molecule has 82 heavy (non-hydrogen) atoms. The van der Waals surface area contributed by atoms with Gasteiger partial charge in [0.2, 0.25) is 0 Å². The van der Waals surface area contributed by atoms with Crippen molar-refractivity contribution in [1.29, 1.82) is 0 Å². The van der Waals surface area contributed by atoms with Gasteiger partial charge >= 0.3 is 11.9 Å². The van der Waals surface area contributed by atoms with Crippen molar-refractivity contribution in [2.24, 2.45) is 92.7 Å². The maximum atomic E-state index is 17.1. The number of esters is 2. The Morgan fingerprint density at radius 3 is 2.55 bits per heavy atom. The fraction of sp³-hybridized carbons (Fsp3) is 0.750. The van der Waals surface area contributed by atoms with Crippen molar-refractivity contribution in [1.82, 2.24) is 10.2 Å². The second-order valence-corrected chi connectivity index (χ2v) is 29.7. The Kier molecular flexibility index (Phi) is 12.2. The number of hydrogen-bond acceptors (Lipinski definition) is 14. The van der Waals surface area contributed by atoms with Gasteiger partial charge in [-0.15, -0.1) is 0 Å². The Balaban J connectivity index is 0.888. The molecule has 16 rings (SSSR count). The highest BCUT2D eigenvalue weighted by atomic mass is 16.7. The molecule has 0 radical (unpaired) electrons. The van der Waals surface area contributed by atoms with Crippen LogP contribution >= 0.6 is 0 Å². The summed E-state index contributed by atoms with van der Waals surface area (Å²) in [6.07, 6.45) is 16.8. The van der Waals surface area contributed by atoms with Gasteiger partial charge in [-0.05, 0) is 180 Å². The number of fused-ring (bicyclic) bond motifs is 6. The van der Waals surface area contributed by atoms with Crippen LogP contribution in [-0.2, 0) is 58.2 Å². The average Bonchev–Trinajstić information content (AvgIpc) is 3.18. The molecule has 5 saturated heterocycles. The molecule has 23 unspecified atom stereocenters. The minimum atomic E-state index is -1.58. The molecule has 5 N–H and O–H groups in total. The van der Waals surface area contributed by atoms with Crippen molar-refractivity contribution in [3.63, 3.8) is 0 Å². The first-order chi connectivity index (χ1) is 39.7. The first kappa shape index (κ1) is 53.4. The van der Waals surface area contributed by atoms with Gasteiger partial charge < -0.3 is 48.7 Å². The second kappa shape index (κ2) is 18.7. The number of allylic oxidation sites excluding steroid dienone is 1. The largest absolute Gasteiger partial charge is 0.469 e. The summed E-state index contributed by atoms with van der Waals surface area (Å²) in [4.78, 5) is 50.6. The zero-order valence-corrected chi connectivity index (χ0v) is 48.1. The number of epoxide rings is 1. The molecule has 1 aromatic carbocycles. The quantitative estimate of drug-likeness (QED) is 0.0949. The summed E-state index contributed by atoms with van der Waals surface area (Å²) < 4.78 is 36.6. The molecule has 4 bridgehead atoms. The lowest BCUT2D eigenvalue weighted by atomic mass is 9.30. The molecular formula is C68H86N2O12. The smallest absolute Gasteiger partial charge is 0.339 e. The average molecular weight is 1120 g/mol. The predicted octanol–water partition coefficient (Wildman–Crippen LogP) is 7.35. The molecule has 14 aliphatic rings. The lowest BCUT2D eigenvalue weighted by Gasteiger charge is -2.73. The summed E-state index contributed by atoms with van der Waals surface area (Å²) in [6, 6.07) is 11.0. The number of ketones is 1. The lowest BCUT2D eigenvalue weighted by molar-refractivity contribution is -0.307. The van der Waals surface area contributed by atoms with Crippen LogP contribution in [0.3, 0.4) is 0 Å². The number of nitrogens with zero attached hydrogens (tertiary/aromatic N) is 1. The molecule has 1 aromatic heterocycles. The van der Waals surface area contributed by atoms with Crippen molar-refractivity contribution < 1.29 is 58.2 Å². The Hall–Kier alpha value is -4.07. The first-order valence-electron chi connectivity index (χ1n) is 32.4. The molecule has 14 nitrogen and oxygen atoms in total. The molecule has 6 aliphatic heterocycles. The van der Waals surface area contributed by atoms with Crippen LogP contribution in [0.25, 0.3) is 0 Å². The van der Waals surface area contributed by atoms with Gasteiger partial charge in [-0.1, -0.05) is 74.4 Å². The standard InChI is InChI=1S/C68H86N2O12/c1-62-24-22-53-65-36-79-61(77)64(25-21-40(31-64)33-71)60(65)82-63(2,45-11-7-4-8-12-45)56(65)55(74)57(75)66(53)49-28-39(27-38-9-5-3-6-10-38)13-14-41(49)15-18-46-19-16-44-35-78-52(54(44)67(46,62)81-59(76)58-68(62,66)80-58)30-48(51(73)34-72)42-17-20-47-43(29-42)23-26-70-37-69-32-50(47)70/h3,5-6,9-10,23,26,35,39-43,45-51,53,56-58,60,69,71-73,75H,4,7-8,11-14,16-17,19-22,24-25,27-34,36-37H2,1-2H3. The molecule has 2 aromatic rings. The van der Waals surface area contributed by atoms with E-state index in [1.807, 2.05) is 12.3 Å². The number of nitrogens with one attached hydrogen (secondary N) is 1. The summed E-state index contributed by atoms with van der Waals surface area (Å²) in [7, 11) is 0. The van der Waals surface area contributed by atoms with E-state index in [2.05, 4.69) is 72.4 Å². The number of furan rings is 1. The minimum Gasteiger partial charge on any atom is -0.469 e. The van der Waals surface area contributed by atoms with Crippen LogP contribution in [0.4, 0.5) is 0 Å². The van der Waals surface area contributed by atoms with Gasteiger partial charge in [-0.25, -0.2) is 4.79 Å². The number of carbonyl (C=O) groups excluding carboxylic acids is 3. The van der Waals surface area contributed by atoms with E-state index in [-0.39, 0.29) is 60.5 Å². The monoisotopic (exact) mass is 1120 g/mol. The van der Waals surface area contributed by atoms with E-state index in [1.165, 1.54) is 5.56 Å². The molecule has 14 heteroatoms. The molecule has 440 valence electrons. The van der Waals surface area contributed by atoms with Crippen LogP contribution in [0.15, 0.2) is 53.3 Å². The van der Waals surface area contributed by atoms with Crippen molar-refractivity contribution in [2.75, 3.05) is 33.0 Å². The number of rotatable bonds is 9. The van der Waals surface area contributed by atoms with Gasteiger partial charge in [0.1, 0.15) is 24.1 Å². The van der Waals surface area contributed by atoms with E-state index in [4.69, 9.17) is 23.4 Å². The van der Waals surface area contributed by atoms with Crippen LogP contribution in [-0.4, -0.2) is 118 Å². The molecule has 8 aliphatic carbocycles. The Morgan fingerprint density at radius 2 is 1.74 bits per heavy atom. The molecule has 5 spiro atoms. The fourth-order valence-corrected chi connectivity index (χ4v) is 23.7. The highest BCUT2D eigenvalue weighted by Gasteiger charge is 2.96. The van der Waals surface area contributed by atoms with E-state index in [1.54, 1.807) is 0 Å². The molecule has 11 fully saturated rings. The third-order valence-electron chi connectivity index (χ3n) is 26.9. The van der Waals surface area contributed by atoms with E-state index in [9.17, 15) is 20.4 Å². The number of aliphatic hydroxyl groups is 4. The lowest BCUT2D eigenvalue weighted by Crippen LogP contribution is -2.82. The maximum absolute atomic E-state index is 17.1. The minimum absolute atomic E-state index is 0.00769. The molecule has 0 amide bonds. The zero-order chi connectivity index (χ0) is 55.9. The summed E-state index contributed by atoms with van der Waals surface area (Å²) in [5, 5.41) is 52.0. The number of cyclic esters (lactones) is 1. The van der Waals surface area contributed by atoms with E-state index in [0.29, 0.717) is 81.4 Å². The number of hydrogen-bond donors (Lipinski definition) is 5. The SMILES string of the molecule is CC1(C2CCCCC2)OC2C3(CCC(CO)C3)C(=O)OCC23C1C(=O)C(O)C12C4CC(Cc5ccccc5)CCC4C#CC4CCc5coc(CC(C(O)CO)C6CCC7C(C=CN8CNCC78)C6)c5C45OC(=O)C4OC41C5(C)CCC32. The Bertz CT molecular complexity index is 3020. The molecule has 23 atom stereocenters. The highest BCUT2D eigenvalue weighted by Crippen LogP contribution is 2.86. The van der Waals surface area contributed by atoms with E-state index >= 15 is 14.4 Å². The van der Waals surface area contributed by atoms with Gasteiger partial charge in [0.25, 0.3) is 0 Å². The number of ether oxygens (including phenoxy) is 4. The summed E-state index contributed by atoms with van der Waals surface area (Å²) >= 11 is 0. The zero-order valence-electron chi connectivity index (χ0n) is 48.1. The van der Waals surface area contributed by atoms with Gasteiger partial charge in [-0.2, -0.15) is 0 Å². The van der Waals surface area contributed by atoms with Crippen molar-refractivity contribution in [3.05, 3.63) is 71.3 Å². The van der Waals surface area contributed by atoms with Crippen LogP contribution in [0.5, 0.6) is 0 Å². The van der Waals surface area contributed by atoms with Gasteiger partial charge in [0.05, 0.1) is 54.6 Å². The number of Topliss-reactive ketones (excluding diaryl/α,β-unsaturated/α-hetero) is 1. The van der Waals surface area contributed by atoms with Crippen molar-refractivity contribution in [2.45, 2.75) is 190 Å². The van der Waals surface area contributed by atoms with Crippen molar-refractivity contribution in [3.8, 4) is 11.8 Å². The normalized spacial score (nSPS) is 49.0. The van der Waals surface area contributed by atoms with Crippen LogP contribution in [0, 0.1) is 105 Å². The van der Waals surface area contributed by atoms with Crippen LogP contribution in [0.1, 0.15) is 145 Å². The summed E-state index contributed by atoms with van der Waals surface area (Å²) in [6.45, 7) is 5.69. The van der Waals surface area contributed by atoms with Crippen molar-refractivity contribution >= 4 is 17.7 Å². The van der Waals surface area contributed by atoms with Gasteiger partial charge in [0.15, 0.2) is 17.5 Å². The highest BCUT2D eigenvalue weighted by molar-refractivity contribution is 5.93. The summed E-state index contributed by atoms with van der Waals surface area (Å²) in [5.74, 6) is 5.56. The maximum Gasteiger partial charge on any atom is 0.339 e. The molecule has 7 heterocycles. The third-order valence-corrected chi connectivity index (χ3v) is 26.9. The van der Waals surface area contributed by atoms with Gasteiger partial charge in [0, 0.05) is 53.3 Å².